The maximum Gasteiger partial charge on any atom is 0.408 e. The van der Waals surface area contributed by atoms with Gasteiger partial charge < -0.3 is 15.2 Å². The summed E-state index contributed by atoms with van der Waals surface area (Å²) in [5, 5.41) is 11.4. The Bertz CT molecular complexity index is 384. The van der Waals surface area contributed by atoms with Crippen LogP contribution in [0.3, 0.4) is 0 Å². The van der Waals surface area contributed by atoms with E-state index in [4.69, 9.17) is 4.74 Å². The zero-order chi connectivity index (χ0) is 15.1. The van der Waals surface area contributed by atoms with Gasteiger partial charge in [0.15, 0.2) is 0 Å². The molecule has 7 heteroatoms. The number of carbonyl (C=O) groups excluding carboxylic acids is 1. The van der Waals surface area contributed by atoms with Crippen molar-refractivity contribution in [3.05, 3.63) is 0 Å². The van der Waals surface area contributed by atoms with Crippen LogP contribution in [0, 0.1) is 5.92 Å². The van der Waals surface area contributed by atoms with Crippen molar-refractivity contribution in [3.8, 4) is 0 Å². The lowest BCUT2D eigenvalue weighted by Crippen LogP contribution is -2.62. The molecule has 2 N–H and O–H groups in total. The minimum atomic E-state index is -2.85. The van der Waals surface area contributed by atoms with Gasteiger partial charge in [0, 0.05) is 18.8 Å². The quantitative estimate of drug-likeness (QED) is 0.831. The third kappa shape index (κ3) is 3.78. The van der Waals surface area contributed by atoms with Crippen LogP contribution in [0.2, 0.25) is 0 Å². The normalized spacial score (nSPS) is 22.0. The van der Waals surface area contributed by atoms with E-state index in [2.05, 4.69) is 5.32 Å². The van der Waals surface area contributed by atoms with Gasteiger partial charge in [-0.25, -0.2) is 18.4 Å². The van der Waals surface area contributed by atoms with Crippen LogP contribution < -0.4 is 5.32 Å². The topological polar surface area (TPSA) is 75.6 Å². The fourth-order valence-corrected chi connectivity index (χ4v) is 1.92. The van der Waals surface area contributed by atoms with E-state index in [1.54, 1.807) is 20.8 Å². The Kier molecular flexibility index (Phi) is 3.80. The number of alkyl halides is 2. The van der Waals surface area contributed by atoms with E-state index in [1.807, 2.05) is 0 Å². The van der Waals surface area contributed by atoms with Crippen molar-refractivity contribution in [2.24, 2.45) is 5.92 Å². The Hall–Kier alpha value is -1.40. The molecule has 19 heavy (non-hydrogen) atoms. The van der Waals surface area contributed by atoms with Crippen LogP contribution in [-0.4, -0.2) is 34.2 Å². The Morgan fingerprint density at radius 1 is 1.26 bits per heavy atom. The van der Waals surface area contributed by atoms with Gasteiger partial charge in [0.25, 0.3) is 0 Å². The van der Waals surface area contributed by atoms with Gasteiger partial charge >= 0.3 is 12.1 Å². The van der Waals surface area contributed by atoms with Crippen molar-refractivity contribution in [3.63, 3.8) is 0 Å². The Morgan fingerprint density at radius 3 is 2.05 bits per heavy atom. The van der Waals surface area contributed by atoms with Crippen LogP contribution in [0.25, 0.3) is 0 Å². The molecule has 1 saturated carbocycles. The van der Waals surface area contributed by atoms with E-state index < -0.39 is 47.9 Å². The summed E-state index contributed by atoms with van der Waals surface area (Å²) in [5.74, 6) is -5.01. The summed E-state index contributed by atoms with van der Waals surface area (Å²) in [7, 11) is 0. The van der Waals surface area contributed by atoms with Crippen LogP contribution in [-0.2, 0) is 9.53 Å². The van der Waals surface area contributed by atoms with Gasteiger partial charge in [0.05, 0.1) is 0 Å². The molecule has 0 aromatic carbocycles. The van der Waals surface area contributed by atoms with Gasteiger partial charge in [0.1, 0.15) is 11.1 Å². The summed E-state index contributed by atoms with van der Waals surface area (Å²) >= 11 is 0. The third-order valence-electron chi connectivity index (χ3n) is 3.11. The number of amides is 1. The number of rotatable bonds is 3. The molecular formula is C12H19F2NO4. The zero-order valence-electron chi connectivity index (χ0n) is 11.4. The van der Waals surface area contributed by atoms with Gasteiger partial charge in [0.2, 0.25) is 5.92 Å². The second kappa shape index (κ2) is 4.61. The van der Waals surface area contributed by atoms with E-state index in [0.29, 0.717) is 0 Å². The smallest absolute Gasteiger partial charge is 0.408 e. The van der Waals surface area contributed by atoms with Crippen molar-refractivity contribution in [2.45, 2.75) is 57.6 Å². The first-order chi connectivity index (χ1) is 8.36. The van der Waals surface area contributed by atoms with Gasteiger partial charge in [-0.3, -0.25) is 0 Å². The molecule has 0 spiro atoms. The SMILES string of the molecule is CC(C)(C)OC(=O)NC(C)(C(=O)O)C1CC(F)(F)C1. The molecule has 0 radical (unpaired) electrons. The van der Waals surface area contributed by atoms with Crippen LogP contribution in [0.5, 0.6) is 0 Å². The van der Waals surface area contributed by atoms with E-state index in [1.165, 1.54) is 6.92 Å². The van der Waals surface area contributed by atoms with Crippen molar-refractivity contribution in [1.29, 1.82) is 0 Å². The number of hydrogen-bond acceptors (Lipinski definition) is 3. The maximum atomic E-state index is 12.9. The molecule has 0 aromatic rings. The predicted molar refractivity (Wildman–Crippen MR) is 63.1 cm³/mol. The summed E-state index contributed by atoms with van der Waals surface area (Å²) in [6, 6.07) is 0. The number of aliphatic carboxylic acids is 1. The summed E-state index contributed by atoms with van der Waals surface area (Å²) in [6.45, 7) is 6.10. The van der Waals surface area contributed by atoms with Gasteiger partial charge in [-0.15, -0.1) is 0 Å². The Morgan fingerprint density at radius 2 is 1.74 bits per heavy atom. The molecule has 1 amide bonds. The Labute approximate surface area is 110 Å². The predicted octanol–water partition coefficient (Wildman–Crippen LogP) is 2.40. The molecule has 0 saturated heterocycles. The number of nitrogens with one attached hydrogen (secondary N) is 1. The summed E-state index contributed by atoms with van der Waals surface area (Å²) in [4.78, 5) is 22.9. The molecule has 1 fully saturated rings. The molecule has 5 nitrogen and oxygen atoms in total. The number of carboxylic acid groups (broad SMARTS) is 1. The number of alkyl carbamates (subject to hydrolysis) is 1. The van der Waals surface area contributed by atoms with Gasteiger partial charge in [-0.1, -0.05) is 0 Å². The van der Waals surface area contributed by atoms with Gasteiger partial charge in [-0.05, 0) is 27.7 Å². The average Bonchev–Trinajstić information content (AvgIpc) is 2.09. The minimum Gasteiger partial charge on any atom is -0.480 e. The number of hydrogen-bond donors (Lipinski definition) is 2. The standard InChI is InChI=1S/C12H19F2NO4/c1-10(2,3)19-9(18)15-11(4,8(16)17)7-5-12(13,14)6-7/h7H,5-6H2,1-4H3,(H,15,18)(H,16,17). The molecule has 0 bridgehead atoms. The lowest BCUT2D eigenvalue weighted by atomic mass is 9.69. The summed E-state index contributed by atoms with van der Waals surface area (Å²) in [5.41, 5.74) is -2.53. The van der Waals surface area contributed by atoms with Crippen LogP contribution >= 0.6 is 0 Å². The molecule has 1 atom stereocenters. The van der Waals surface area contributed by atoms with E-state index in [0.717, 1.165) is 0 Å². The molecule has 1 aliphatic carbocycles. The summed E-state index contributed by atoms with van der Waals surface area (Å²) < 4.78 is 30.7. The first kappa shape index (κ1) is 15.7. The van der Waals surface area contributed by atoms with Crippen molar-refractivity contribution in [2.75, 3.05) is 0 Å². The monoisotopic (exact) mass is 279 g/mol. The molecule has 110 valence electrons. The van der Waals surface area contributed by atoms with Crippen molar-refractivity contribution in [1.82, 2.24) is 5.32 Å². The summed E-state index contributed by atoms with van der Waals surface area (Å²) in [6.07, 6.45) is -2.02. The van der Waals surface area contributed by atoms with E-state index in [-0.39, 0.29) is 0 Å². The second-order valence-corrected chi connectivity index (χ2v) is 6.10. The minimum absolute atomic E-state index is 0.550. The highest BCUT2D eigenvalue weighted by Gasteiger charge is 2.57. The highest BCUT2D eigenvalue weighted by atomic mass is 19.3. The zero-order valence-corrected chi connectivity index (χ0v) is 11.4. The largest absolute Gasteiger partial charge is 0.480 e. The number of ether oxygens (including phenoxy) is 1. The maximum absolute atomic E-state index is 12.9. The first-order valence-corrected chi connectivity index (χ1v) is 5.98. The Balaban J connectivity index is 2.74. The molecular weight excluding hydrogens is 260 g/mol. The average molecular weight is 279 g/mol. The molecule has 1 unspecified atom stereocenters. The highest BCUT2D eigenvalue weighted by Crippen LogP contribution is 2.47. The highest BCUT2D eigenvalue weighted by molar-refractivity contribution is 5.84. The molecule has 0 aliphatic heterocycles. The van der Waals surface area contributed by atoms with Gasteiger partial charge in [-0.2, -0.15) is 0 Å². The number of halogens is 2. The van der Waals surface area contributed by atoms with Crippen LogP contribution in [0.15, 0.2) is 0 Å². The second-order valence-electron chi connectivity index (χ2n) is 6.10. The first-order valence-electron chi connectivity index (χ1n) is 5.98. The van der Waals surface area contributed by atoms with Crippen molar-refractivity contribution < 1.29 is 28.2 Å². The van der Waals surface area contributed by atoms with Crippen molar-refractivity contribution >= 4 is 12.1 Å². The van der Waals surface area contributed by atoms with Crippen LogP contribution in [0.1, 0.15) is 40.5 Å². The molecule has 0 heterocycles. The number of carbonyl (C=O) groups is 2. The molecule has 1 rings (SSSR count). The van der Waals surface area contributed by atoms with Crippen LogP contribution in [0.4, 0.5) is 13.6 Å². The number of carboxylic acids is 1. The van der Waals surface area contributed by atoms with E-state index in [9.17, 15) is 23.5 Å². The fourth-order valence-electron chi connectivity index (χ4n) is 1.92. The third-order valence-corrected chi connectivity index (χ3v) is 3.11. The fraction of sp³-hybridized carbons (Fsp3) is 0.833. The molecule has 0 aromatic heterocycles. The lowest BCUT2D eigenvalue weighted by Gasteiger charge is -2.44. The van der Waals surface area contributed by atoms with E-state index >= 15 is 0 Å². The lowest BCUT2D eigenvalue weighted by molar-refractivity contribution is -0.164. The molecule has 1 aliphatic rings.